The van der Waals surface area contributed by atoms with Gasteiger partial charge in [0, 0.05) is 5.69 Å². The molecule has 0 unspecified atom stereocenters. The molecule has 1 atom stereocenters. The number of hydrogen-bond acceptors (Lipinski definition) is 3. The minimum atomic E-state index is -4.79. The van der Waals surface area contributed by atoms with Crippen molar-refractivity contribution in [1.82, 2.24) is 5.32 Å². The van der Waals surface area contributed by atoms with Gasteiger partial charge in [0.25, 0.3) is 0 Å². The van der Waals surface area contributed by atoms with E-state index in [-0.39, 0.29) is 18.0 Å². The highest BCUT2D eigenvalue weighted by molar-refractivity contribution is 5.92. The number of alkyl halides is 3. The summed E-state index contributed by atoms with van der Waals surface area (Å²) < 4.78 is 39.7. The van der Waals surface area contributed by atoms with Crippen molar-refractivity contribution < 1.29 is 32.6 Å². The zero-order chi connectivity index (χ0) is 17.6. The molecule has 3 N–H and O–H groups in total. The lowest BCUT2D eigenvalue weighted by Crippen LogP contribution is -2.43. The summed E-state index contributed by atoms with van der Waals surface area (Å²) in [5.74, 6) is -1.52. The molecule has 0 aliphatic rings. The minimum absolute atomic E-state index is 0.0650. The van der Waals surface area contributed by atoms with Crippen molar-refractivity contribution >= 4 is 17.7 Å². The molecule has 1 aromatic rings. The Bertz CT molecular complexity index is 544. The monoisotopic (exact) mass is 334 g/mol. The van der Waals surface area contributed by atoms with Crippen LogP contribution in [0.1, 0.15) is 20.3 Å². The normalized spacial score (nSPS) is 12.6. The summed E-state index contributed by atoms with van der Waals surface area (Å²) in [6, 6.07) is 2.67. The molecule has 0 aliphatic heterocycles. The van der Waals surface area contributed by atoms with Crippen molar-refractivity contribution in [2.24, 2.45) is 5.92 Å². The van der Waals surface area contributed by atoms with Gasteiger partial charge in [0.05, 0.1) is 0 Å². The molecular formula is C14H17F3N2O4. The Balaban J connectivity index is 2.61. The lowest BCUT2D eigenvalue weighted by atomic mass is 10.0. The molecule has 0 aliphatic carbocycles. The first kappa shape index (κ1) is 18.6. The van der Waals surface area contributed by atoms with Crippen LogP contribution in [-0.2, 0) is 4.79 Å². The third-order valence-corrected chi connectivity index (χ3v) is 2.66. The Morgan fingerprint density at radius 1 is 1.22 bits per heavy atom. The number of rotatable bonds is 6. The molecule has 0 heterocycles. The fraction of sp³-hybridized carbons (Fsp3) is 0.429. The number of aliphatic carboxylic acids is 1. The number of urea groups is 1. The number of carboxylic acid groups (broad SMARTS) is 1. The molecule has 128 valence electrons. The first-order valence-electron chi connectivity index (χ1n) is 6.73. The summed E-state index contributed by atoms with van der Waals surface area (Å²) in [4.78, 5) is 22.8. The molecule has 0 fully saturated rings. The number of anilines is 1. The molecule has 0 aromatic heterocycles. The second-order valence-corrected chi connectivity index (χ2v) is 5.19. The van der Waals surface area contributed by atoms with Gasteiger partial charge in [-0.2, -0.15) is 0 Å². The standard InChI is InChI=1S/C14H17F3N2O4/c1-8(2)7-11(12(20)21)19-13(22)18-9-3-5-10(6-4-9)23-14(15,16)17/h3-6,8,11H,7H2,1-2H3,(H,20,21)(H2,18,19,22)/t11-/m0/s1. The molecule has 0 radical (unpaired) electrons. The number of amides is 2. The second-order valence-electron chi connectivity index (χ2n) is 5.19. The first-order valence-corrected chi connectivity index (χ1v) is 6.73. The first-order chi connectivity index (χ1) is 10.6. The lowest BCUT2D eigenvalue weighted by Gasteiger charge is -2.17. The van der Waals surface area contributed by atoms with Crippen LogP contribution in [0.25, 0.3) is 0 Å². The van der Waals surface area contributed by atoms with E-state index >= 15 is 0 Å². The number of benzene rings is 1. The highest BCUT2D eigenvalue weighted by atomic mass is 19.4. The topological polar surface area (TPSA) is 87.7 Å². The van der Waals surface area contributed by atoms with Gasteiger partial charge in [0.15, 0.2) is 0 Å². The number of carbonyl (C=O) groups is 2. The van der Waals surface area contributed by atoms with E-state index in [4.69, 9.17) is 5.11 Å². The molecule has 0 saturated heterocycles. The summed E-state index contributed by atoms with van der Waals surface area (Å²) in [6.45, 7) is 3.63. The van der Waals surface area contributed by atoms with Crippen molar-refractivity contribution in [2.45, 2.75) is 32.7 Å². The maximum absolute atomic E-state index is 12.0. The number of nitrogens with one attached hydrogen (secondary N) is 2. The molecule has 0 spiro atoms. The van der Waals surface area contributed by atoms with Crippen LogP contribution in [0.3, 0.4) is 0 Å². The quantitative estimate of drug-likeness (QED) is 0.745. The van der Waals surface area contributed by atoms with Gasteiger partial charge in [-0.05, 0) is 36.6 Å². The predicted molar refractivity (Wildman–Crippen MR) is 76.2 cm³/mol. The van der Waals surface area contributed by atoms with Gasteiger partial charge in [-0.3, -0.25) is 0 Å². The third-order valence-electron chi connectivity index (χ3n) is 2.66. The molecule has 9 heteroatoms. The van der Waals surface area contributed by atoms with Crippen LogP contribution < -0.4 is 15.4 Å². The van der Waals surface area contributed by atoms with Crippen LogP contribution in [0.4, 0.5) is 23.7 Å². The molecule has 6 nitrogen and oxygen atoms in total. The summed E-state index contributed by atoms with van der Waals surface area (Å²) in [5, 5.41) is 13.6. The van der Waals surface area contributed by atoms with E-state index in [1.165, 1.54) is 12.1 Å². The molecule has 0 bridgehead atoms. The van der Waals surface area contributed by atoms with Gasteiger partial charge in [-0.1, -0.05) is 13.8 Å². The zero-order valence-electron chi connectivity index (χ0n) is 12.5. The Morgan fingerprint density at radius 3 is 2.22 bits per heavy atom. The largest absolute Gasteiger partial charge is 0.573 e. The summed E-state index contributed by atoms with van der Waals surface area (Å²) in [6.07, 6.45) is -4.54. The van der Waals surface area contributed by atoms with Crippen molar-refractivity contribution in [3.63, 3.8) is 0 Å². The summed E-state index contributed by atoms with van der Waals surface area (Å²) >= 11 is 0. The van der Waals surface area contributed by atoms with Crippen molar-refractivity contribution in [2.75, 3.05) is 5.32 Å². The molecule has 2 amide bonds. The fourth-order valence-electron chi connectivity index (χ4n) is 1.76. The summed E-state index contributed by atoms with van der Waals surface area (Å²) in [5.41, 5.74) is 0.200. The van der Waals surface area contributed by atoms with E-state index in [0.717, 1.165) is 12.1 Å². The number of hydrogen-bond donors (Lipinski definition) is 3. The second kappa shape index (κ2) is 7.70. The predicted octanol–water partition coefficient (Wildman–Crippen LogP) is 3.21. The van der Waals surface area contributed by atoms with Crippen molar-refractivity contribution in [3.05, 3.63) is 24.3 Å². The number of halogens is 3. The number of carboxylic acids is 1. The van der Waals surface area contributed by atoms with E-state index in [1.54, 1.807) is 0 Å². The lowest BCUT2D eigenvalue weighted by molar-refractivity contribution is -0.274. The van der Waals surface area contributed by atoms with Crippen LogP contribution in [0.2, 0.25) is 0 Å². The number of carbonyl (C=O) groups excluding carboxylic acids is 1. The van der Waals surface area contributed by atoms with Gasteiger partial charge < -0.3 is 20.5 Å². The maximum atomic E-state index is 12.0. The smallest absolute Gasteiger partial charge is 0.480 e. The Hall–Kier alpha value is -2.45. The van der Waals surface area contributed by atoms with Gasteiger partial charge >= 0.3 is 18.4 Å². The average Bonchev–Trinajstić information content (AvgIpc) is 2.38. The van der Waals surface area contributed by atoms with Crippen molar-refractivity contribution in [1.29, 1.82) is 0 Å². The van der Waals surface area contributed by atoms with Crippen molar-refractivity contribution in [3.8, 4) is 5.75 Å². The van der Waals surface area contributed by atoms with Gasteiger partial charge in [0.1, 0.15) is 11.8 Å². The molecule has 1 rings (SSSR count). The fourth-order valence-corrected chi connectivity index (χ4v) is 1.76. The molecule has 23 heavy (non-hydrogen) atoms. The Morgan fingerprint density at radius 2 is 1.78 bits per heavy atom. The van der Waals surface area contributed by atoms with Crippen LogP contribution in [0.5, 0.6) is 5.75 Å². The average molecular weight is 334 g/mol. The van der Waals surface area contributed by atoms with E-state index in [1.807, 2.05) is 13.8 Å². The highest BCUT2D eigenvalue weighted by Crippen LogP contribution is 2.23. The SMILES string of the molecule is CC(C)C[C@H](NC(=O)Nc1ccc(OC(F)(F)F)cc1)C(=O)O. The summed E-state index contributed by atoms with van der Waals surface area (Å²) in [7, 11) is 0. The van der Waals surface area contributed by atoms with E-state index in [0.29, 0.717) is 0 Å². The van der Waals surface area contributed by atoms with E-state index in [2.05, 4.69) is 15.4 Å². The van der Waals surface area contributed by atoms with E-state index in [9.17, 15) is 22.8 Å². The van der Waals surface area contributed by atoms with Gasteiger partial charge in [0.2, 0.25) is 0 Å². The van der Waals surface area contributed by atoms with Crippen LogP contribution >= 0.6 is 0 Å². The van der Waals surface area contributed by atoms with E-state index < -0.39 is 30.2 Å². The molecule has 1 aromatic carbocycles. The maximum Gasteiger partial charge on any atom is 0.573 e. The zero-order valence-corrected chi connectivity index (χ0v) is 12.5. The highest BCUT2D eigenvalue weighted by Gasteiger charge is 2.31. The molecular weight excluding hydrogens is 317 g/mol. The van der Waals surface area contributed by atoms with Gasteiger partial charge in [-0.25, -0.2) is 9.59 Å². The third kappa shape index (κ3) is 7.39. The van der Waals surface area contributed by atoms with Gasteiger partial charge in [-0.15, -0.1) is 13.2 Å². The number of ether oxygens (including phenoxy) is 1. The Labute approximate surface area is 130 Å². The van der Waals surface area contributed by atoms with Crippen LogP contribution in [0, 0.1) is 5.92 Å². The minimum Gasteiger partial charge on any atom is -0.480 e. The van der Waals surface area contributed by atoms with Crippen LogP contribution in [0.15, 0.2) is 24.3 Å². The molecule has 0 saturated carbocycles. The van der Waals surface area contributed by atoms with Crippen LogP contribution in [-0.4, -0.2) is 29.5 Å². The Kier molecular flexibility index (Phi) is 6.23.